The van der Waals surface area contributed by atoms with Crippen molar-refractivity contribution in [2.24, 2.45) is 0 Å². The average molecular weight is 283 g/mol. The number of amides is 1. The number of hydrogen-bond donors (Lipinski definition) is 3. The number of phenols is 2. The van der Waals surface area contributed by atoms with Crippen molar-refractivity contribution < 1.29 is 28.2 Å². The van der Waals surface area contributed by atoms with Crippen LogP contribution >= 0.6 is 0 Å². The highest BCUT2D eigenvalue weighted by Crippen LogP contribution is 2.25. The zero-order chi connectivity index (χ0) is 14.9. The van der Waals surface area contributed by atoms with Crippen molar-refractivity contribution >= 4 is 11.6 Å². The number of aromatic hydroxyl groups is 2. The molecule has 0 aliphatic heterocycles. The average Bonchev–Trinajstić information content (AvgIpc) is 2.33. The molecule has 2 rings (SSSR count). The van der Waals surface area contributed by atoms with E-state index in [0.29, 0.717) is 12.1 Å². The minimum atomic E-state index is -1.28. The van der Waals surface area contributed by atoms with Crippen LogP contribution in [0.15, 0.2) is 30.3 Å². The summed E-state index contributed by atoms with van der Waals surface area (Å²) < 4.78 is 39.4. The summed E-state index contributed by atoms with van der Waals surface area (Å²) >= 11 is 0. The summed E-state index contributed by atoms with van der Waals surface area (Å²) in [5.41, 5.74) is -1.13. The zero-order valence-corrected chi connectivity index (χ0v) is 9.82. The maximum atomic E-state index is 13.4. The van der Waals surface area contributed by atoms with Gasteiger partial charge in [-0.15, -0.1) is 0 Å². The Balaban J connectivity index is 2.33. The number of hydrogen-bond acceptors (Lipinski definition) is 3. The molecule has 0 aliphatic rings. The number of benzene rings is 2. The molecule has 0 atom stereocenters. The van der Waals surface area contributed by atoms with Gasteiger partial charge in [0.05, 0.1) is 5.56 Å². The first-order chi connectivity index (χ1) is 9.38. The third-order valence-electron chi connectivity index (χ3n) is 2.47. The van der Waals surface area contributed by atoms with E-state index in [1.807, 2.05) is 5.32 Å². The van der Waals surface area contributed by atoms with E-state index < -0.39 is 34.8 Å². The second kappa shape index (κ2) is 5.12. The van der Waals surface area contributed by atoms with Crippen LogP contribution in [-0.2, 0) is 0 Å². The van der Waals surface area contributed by atoms with E-state index in [0.717, 1.165) is 18.2 Å². The zero-order valence-electron chi connectivity index (χ0n) is 9.82. The van der Waals surface area contributed by atoms with Gasteiger partial charge in [0, 0.05) is 18.2 Å². The van der Waals surface area contributed by atoms with Crippen LogP contribution < -0.4 is 5.32 Å². The maximum Gasteiger partial charge on any atom is 0.259 e. The molecule has 104 valence electrons. The first-order valence-electron chi connectivity index (χ1n) is 5.36. The van der Waals surface area contributed by atoms with E-state index in [1.165, 1.54) is 0 Å². The van der Waals surface area contributed by atoms with Gasteiger partial charge >= 0.3 is 0 Å². The van der Waals surface area contributed by atoms with E-state index in [2.05, 4.69) is 0 Å². The molecule has 0 heterocycles. The Morgan fingerprint density at radius 2 is 1.60 bits per heavy atom. The fourth-order valence-corrected chi connectivity index (χ4v) is 1.55. The Morgan fingerprint density at radius 1 is 1.00 bits per heavy atom. The first-order valence-corrected chi connectivity index (χ1v) is 5.36. The maximum absolute atomic E-state index is 13.4. The highest BCUT2D eigenvalue weighted by Gasteiger charge is 2.17. The largest absolute Gasteiger partial charge is 0.508 e. The number of nitrogens with one attached hydrogen (secondary N) is 1. The molecule has 1 amide bonds. The molecule has 2 aromatic carbocycles. The highest BCUT2D eigenvalue weighted by molar-refractivity contribution is 6.06. The summed E-state index contributed by atoms with van der Waals surface area (Å²) in [5.74, 6) is -5.54. The third-order valence-corrected chi connectivity index (χ3v) is 2.47. The van der Waals surface area contributed by atoms with Gasteiger partial charge in [0.25, 0.3) is 5.91 Å². The molecular formula is C13H8F3NO3. The summed E-state index contributed by atoms with van der Waals surface area (Å²) in [4.78, 5) is 11.8. The Bertz CT molecular complexity index is 666. The van der Waals surface area contributed by atoms with Crippen LogP contribution in [0.4, 0.5) is 18.9 Å². The fourth-order valence-electron chi connectivity index (χ4n) is 1.55. The van der Waals surface area contributed by atoms with Gasteiger partial charge in [0.1, 0.15) is 23.0 Å². The standard InChI is InChI=1S/C13H8F3NO3/c14-6-3-9(15)12(10(16)4-6)17-13(20)8-2-1-7(18)5-11(8)19/h1-5,18-19H,(H,17,20). The molecule has 20 heavy (non-hydrogen) atoms. The van der Waals surface area contributed by atoms with Gasteiger partial charge in [0.2, 0.25) is 0 Å². The molecule has 0 spiro atoms. The molecule has 0 saturated heterocycles. The Labute approximate surface area is 111 Å². The second-order valence-corrected chi connectivity index (χ2v) is 3.90. The molecule has 2 aromatic rings. The minimum absolute atomic E-state index is 0.279. The molecule has 0 bridgehead atoms. The second-order valence-electron chi connectivity index (χ2n) is 3.90. The SMILES string of the molecule is O=C(Nc1c(F)cc(F)cc1F)c1ccc(O)cc1O. The van der Waals surface area contributed by atoms with Crippen LogP contribution in [0.3, 0.4) is 0 Å². The molecular weight excluding hydrogens is 275 g/mol. The van der Waals surface area contributed by atoms with Crippen molar-refractivity contribution in [2.45, 2.75) is 0 Å². The Kier molecular flexibility index (Phi) is 3.51. The lowest BCUT2D eigenvalue weighted by molar-refractivity contribution is 0.102. The van der Waals surface area contributed by atoms with Gasteiger partial charge in [-0.2, -0.15) is 0 Å². The van der Waals surface area contributed by atoms with E-state index in [4.69, 9.17) is 5.11 Å². The van der Waals surface area contributed by atoms with Gasteiger partial charge in [-0.1, -0.05) is 0 Å². The fraction of sp³-hybridized carbons (Fsp3) is 0. The monoisotopic (exact) mass is 283 g/mol. The van der Waals surface area contributed by atoms with Gasteiger partial charge in [0.15, 0.2) is 11.6 Å². The number of halogens is 3. The third kappa shape index (κ3) is 2.66. The van der Waals surface area contributed by atoms with Gasteiger partial charge < -0.3 is 15.5 Å². The van der Waals surface area contributed by atoms with Crippen molar-refractivity contribution in [3.63, 3.8) is 0 Å². The Hall–Kier alpha value is -2.70. The summed E-state index contributed by atoms with van der Waals surface area (Å²) in [6.45, 7) is 0. The summed E-state index contributed by atoms with van der Waals surface area (Å²) in [6.07, 6.45) is 0. The normalized spacial score (nSPS) is 10.3. The number of rotatable bonds is 2. The molecule has 0 radical (unpaired) electrons. The molecule has 4 nitrogen and oxygen atoms in total. The predicted molar refractivity (Wildman–Crippen MR) is 64.0 cm³/mol. The van der Waals surface area contributed by atoms with Gasteiger partial charge in [-0.3, -0.25) is 4.79 Å². The smallest absolute Gasteiger partial charge is 0.259 e. The highest BCUT2D eigenvalue weighted by atomic mass is 19.1. The quantitative estimate of drug-likeness (QED) is 0.793. The van der Waals surface area contributed by atoms with Crippen LogP contribution in [0, 0.1) is 17.5 Å². The van der Waals surface area contributed by atoms with Crippen LogP contribution in [0.5, 0.6) is 11.5 Å². The van der Waals surface area contributed by atoms with Crippen molar-refractivity contribution in [1.82, 2.24) is 0 Å². The lowest BCUT2D eigenvalue weighted by Gasteiger charge is -2.09. The lowest BCUT2D eigenvalue weighted by Crippen LogP contribution is -2.14. The summed E-state index contributed by atoms with van der Waals surface area (Å²) in [6, 6.07) is 3.91. The molecule has 0 fully saturated rings. The van der Waals surface area contributed by atoms with Crippen LogP contribution in [0.25, 0.3) is 0 Å². The van der Waals surface area contributed by atoms with Crippen molar-refractivity contribution in [2.75, 3.05) is 5.32 Å². The van der Waals surface area contributed by atoms with Gasteiger partial charge in [-0.25, -0.2) is 13.2 Å². The van der Waals surface area contributed by atoms with E-state index in [1.54, 1.807) is 0 Å². The number of phenolic OH excluding ortho intramolecular Hbond substituents is 2. The lowest BCUT2D eigenvalue weighted by atomic mass is 10.1. The number of carbonyl (C=O) groups is 1. The van der Waals surface area contributed by atoms with Crippen molar-refractivity contribution in [3.05, 3.63) is 53.3 Å². The summed E-state index contributed by atoms with van der Waals surface area (Å²) in [5, 5.41) is 20.4. The molecule has 0 aliphatic carbocycles. The summed E-state index contributed by atoms with van der Waals surface area (Å²) in [7, 11) is 0. The number of carbonyl (C=O) groups excluding carboxylic acids is 1. The molecule has 0 unspecified atom stereocenters. The van der Waals surface area contributed by atoms with Crippen LogP contribution in [-0.4, -0.2) is 16.1 Å². The molecule has 7 heteroatoms. The van der Waals surface area contributed by atoms with Crippen molar-refractivity contribution in [3.8, 4) is 11.5 Å². The Morgan fingerprint density at radius 3 is 2.15 bits per heavy atom. The topological polar surface area (TPSA) is 69.6 Å². The van der Waals surface area contributed by atoms with E-state index >= 15 is 0 Å². The van der Waals surface area contributed by atoms with E-state index in [-0.39, 0.29) is 11.3 Å². The number of anilines is 1. The molecule has 3 N–H and O–H groups in total. The van der Waals surface area contributed by atoms with Gasteiger partial charge in [-0.05, 0) is 12.1 Å². The minimum Gasteiger partial charge on any atom is -0.508 e. The van der Waals surface area contributed by atoms with E-state index in [9.17, 15) is 23.1 Å². The van der Waals surface area contributed by atoms with Crippen LogP contribution in [0.2, 0.25) is 0 Å². The molecule has 0 aromatic heterocycles. The first kappa shape index (κ1) is 13.7. The predicted octanol–water partition coefficient (Wildman–Crippen LogP) is 2.77. The van der Waals surface area contributed by atoms with Crippen LogP contribution in [0.1, 0.15) is 10.4 Å². The molecule has 0 saturated carbocycles. The van der Waals surface area contributed by atoms with Crippen molar-refractivity contribution in [1.29, 1.82) is 0 Å².